The Morgan fingerprint density at radius 3 is 2.60 bits per heavy atom. The third-order valence-electron chi connectivity index (χ3n) is 0.914. The summed E-state index contributed by atoms with van der Waals surface area (Å²) in [4.78, 5) is 14.0. The summed E-state index contributed by atoms with van der Waals surface area (Å²) < 4.78 is 0. The number of rotatable bonds is 3. The van der Waals surface area contributed by atoms with Crippen molar-refractivity contribution in [2.75, 3.05) is 12.8 Å². The van der Waals surface area contributed by atoms with Gasteiger partial charge in [0.2, 0.25) is 0 Å². The number of thioether (sulfide) groups is 1. The van der Waals surface area contributed by atoms with Gasteiger partial charge in [0, 0.05) is 7.05 Å². The molecule has 0 spiro atoms. The number of carboxylic acids is 1. The quantitative estimate of drug-likeness (QED) is 0.500. The molecule has 0 aromatic rings. The van der Waals surface area contributed by atoms with Crippen LogP contribution in [0.4, 0.5) is 0 Å². The van der Waals surface area contributed by atoms with Crippen molar-refractivity contribution in [2.24, 2.45) is 4.99 Å². The van der Waals surface area contributed by atoms with Gasteiger partial charge < -0.3 is 5.11 Å². The summed E-state index contributed by atoms with van der Waals surface area (Å²) in [6.07, 6.45) is 0.814. The van der Waals surface area contributed by atoms with Crippen molar-refractivity contribution in [3.05, 3.63) is 0 Å². The number of nitrogens with zero attached hydrogens (tertiary/aromatic N) is 1. The second-order valence-electron chi connectivity index (χ2n) is 1.65. The van der Waals surface area contributed by atoms with Crippen LogP contribution in [0.1, 0.15) is 13.3 Å². The van der Waals surface area contributed by atoms with Gasteiger partial charge >= 0.3 is 5.97 Å². The van der Waals surface area contributed by atoms with E-state index in [0.29, 0.717) is 0 Å². The van der Waals surface area contributed by atoms with Crippen LogP contribution < -0.4 is 0 Å². The highest BCUT2D eigenvalue weighted by atomic mass is 32.2. The maximum absolute atomic E-state index is 10.1. The molecule has 0 saturated heterocycles. The van der Waals surface area contributed by atoms with Crippen LogP contribution in [0.2, 0.25) is 0 Å². The van der Waals surface area contributed by atoms with Crippen LogP contribution in [-0.2, 0) is 4.79 Å². The zero-order chi connectivity index (χ0) is 7.98. The van der Waals surface area contributed by atoms with Crippen molar-refractivity contribution in [3.8, 4) is 0 Å². The summed E-state index contributed by atoms with van der Waals surface area (Å²) in [6, 6.07) is 0. The van der Waals surface area contributed by atoms with Gasteiger partial charge in [0.05, 0.1) is 10.8 Å². The highest BCUT2D eigenvalue weighted by molar-refractivity contribution is 8.14. The van der Waals surface area contributed by atoms with Crippen LogP contribution >= 0.6 is 11.8 Å². The predicted molar refractivity (Wildman–Crippen MR) is 43.7 cm³/mol. The van der Waals surface area contributed by atoms with E-state index >= 15 is 0 Å². The van der Waals surface area contributed by atoms with Crippen molar-refractivity contribution >= 4 is 22.8 Å². The largest absolute Gasteiger partial charge is 0.481 e. The smallest absolute Gasteiger partial charge is 0.313 e. The zero-order valence-corrected chi connectivity index (χ0v) is 6.94. The minimum absolute atomic E-state index is 0.112. The summed E-state index contributed by atoms with van der Waals surface area (Å²) in [5, 5.41) is 9.17. The molecule has 0 aromatic carbocycles. The van der Waals surface area contributed by atoms with Crippen LogP contribution in [0.3, 0.4) is 0 Å². The second kappa shape index (κ2) is 5.29. The first kappa shape index (κ1) is 9.49. The van der Waals surface area contributed by atoms with E-state index < -0.39 is 5.97 Å². The normalized spacial score (nSPS) is 11.6. The molecule has 0 bridgehead atoms. The molecule has 10 heavy (non-hydrogen) atoms. The van der Waals surface area contributed by atoms with Crippen molar-refractivity contribution in [1.29, 1.82) is 0 Å². The molecular formula is C6H11NO2S. The molecular weight excluding hydrogens is 150 g/mol. The lowest BCUT2D eigenvalue weighted by molar-refractivity contribution is -0.133. The minimum atomic E-state index is -0.792. The highest BCUT2D eigenvalue weighted by Gasteiger charge is 1.99. The fraction of sp³-hybridized carbons (Fsp3) is 0.667. The topological polar surface area (TPSA) is 49.7 Å². The van der Waals surface area contributed by atoms with E-state index in [1.807, 2.05) is 6.92 Å². The molecule has 0 radical (unpaired) electrons. The molecule has 1 N–H and O–H groups in total. The van der Waals surface area contributed by atoms with Crippen LogP contribution in [0.25, 0.3) is 0 Å². The highest BCUT2D eigenvalue weighted by Crippen LogP contribution is 2.05. The average Bonchev–Trinajstić information content (AvgIpc) is 1.90. The summed E-state index contributed by atoms with van der Waals surface area (Å²) in [5.41, 5.74) is 0. The second-order valence-corrected chi connectivity index (χ2v) is 2.70. The van der Waals surface area contributed by atoms with Crippen LogP contribution in [-0.4, -0.2) is 28.9 Å². The van der Waals surface area contributed by atoms with E-state index in [1.54, 1.807) is 7.05 Å². The van der Waals surface area contributed by atoms with Gasteiger partial charge in [-0.05, 0) is 6.42 Å². The Morgan fingerprint density at radius 1 is 1.70 bits per heavy atom. The van der Waals surface area contributed by atoms with Crippen LogP contribution in [0, 0.1) is 0 Å². The van der Waals surface area contributed by atoms with E-state index in [-0.39, 0.29) is 5.75 Å². The molecule has 0 saturated carbocycles. The van der Waals surface area contributed by atoms with Crippen molar-refractivity contribution in [2.45, 2.75) is 13.3 Å². The molecule has 0 heterocycles. The molecule has 0 aliphatic heterocycles. The van der Waals surface area contributed by atoms with E-state index in [4.69, 9.17) is 5.11 Å². The lowest BCUT2D eigenvalue weighted by atomic mass is 10.5. The van der Waals surface area contributed by atoms with Crippen molar-refractivity contribution < 1.29 is 9.90 Å². The standard InChI is InChI=1S/C6H11NO2S/c1-3-5(7-2)10-4-6(8)9/h3-4H2,1-2H3,(H,8,9). The van der Waals surface area contributed by atoms with Gasteiger partial charge in [-0.15, -0.1) is 0 Å². The Labute approximate surface area is 64.5 Å². The summed E-state index contributed by atoms with van der Waals surface area (Å²) in [5.74, 6) is -0.680. The van der Waals surface area contributed by atoms with Crippen molar-refractivity contribution in [1.82, 2.24) is 0 Å². The Hall–Kier alpha value is -0.510. The molecule has 3 nitrogen and oxygen atoms in total. The maximum Gasteiger partial charge on any atom is 0.313 e. The Kier molecular flexibility index (Phi) is 5.02. The summed E-state index contributed by atoms with van der Waals surface area (Å²) in [7, 11) is 1.67. The minimum Gasteiger partial charge on any atom is -0.481 e. The van der Waals surface area contributed by atoms with Gasteiger partial charge in [-0.25, -0.2) is 0 Å². The monoisotopic (exact) mass is 161 g/mol. The zero-order valence-electron chi connectivity index (χ0n) is 6.13. The lowest BCUT2D eigenvalue weighted by Crippen LogP contribution is -2.01. The third-order valence-corrected chi connectivity index (χ3v) is 2.11. The SMILES string of the molecule is CCC(=NC)SCC(=O)O. The van der Waals surface area contributed by atoms with Crippen molar-refractivity contribution in [3.63, 3.8) is 0 Å². The Balaban J connectivity index is 3.56. The van der Waals surface area contributed by atoms with Crippen LogP contribution in [0.5, 0.6) is 0 Å². The molecule has 0 aliphatic carbocycles. The number of hydrogen-bond acceptors (Lipinski definition) is 3. The number of carboxylic acid groups (broad SMARTS) is 1. The first-order chi connectivity index (χ1) is 4.70. The van der Waals surface area contributed by atoms with Crippen LogP contribution in [0.15, 0.2) is 4.99 Å². The molecule has 0 rings (SSSR count). The van der Waals surface area contributed by atoms with Gasteiger partial charge in [0.1, 0.15) is 0 Å². The van der Waals surface area contributed by atoms with E-state index in [0.717, 1.165) is 11.5 Å². The molecule has 0 fully saturated rings. The number of aliphatic carboxylic acids is 1. The van der Waals surface area contributed by atoms with Gasteiger partial charge in [-0.1, -0.05) is 18.7 Å². The maximum atomic E-state index is 10.1. The predicted octanol–water partition coefficient (Wildman–Crippen LogP) is 1.24. The molecule has 0 atom stereocenters. The van der Waals surface area contributed by atoms with Gasteiger partial charge in [-0.2, -0.15) is 0 Å². The molecule has 0 unspecified atom stereocenters. The van der Waals surface area contributed by atoms with E-state index in [9.17, 15) is 4.79 Å². The number of aliphatic imine (C=N–C) groups is 1. The molecule has 0 aromatic heterocycles. The summed E-state index contributed by atoms with van der Waals surface area (Å²) >= 11 is 1.28. The number of carbonyl (C=O) groups is 1. The third kappa shape index (κ3) is 4.38. The summed E-state index contributed by atoms with van der Waals surface area (Å²) in [6.45, 7) is 1.96. The van der Waals surface area contributed by atoms with E-state index in [1.165, 1.54) is 11.8 Å². The fourth-order valence-electron chi connectivity index (χ4n) is 0.470. The fourth-order valence-corrected chi connectivity index (χ4v) is 1.09. The number of hydrogen-bond donors (Lipinski definition) is 1. The van der Waals surface area contributed by atoms with E-state index in [2.05, 4.69) is 4.99 Å². The molecule has 0 amide bonds. The van der Waals surface area contributed by atoms with Gasteiger partial charge in [0.15, 0.2) is 0 Å². The first-order valence-corrected chi connectivity index (χ1v) is 3.99. The molecule has 0 aliphatic rings. The Bertz CT molecular complexity index is 145. The Morgan fingerprint density at radius 2 is 2.30 bits per heavy atom. The first-order valence-electron chi connectivity index (χ1n) is 3.01. The molecule has 4 heteroatoms. The average molecular weight is 161 g/mol. The lowest BCUT2D eigenvalue weighted by Gasteiger charge is -1.96. The molecule has 58 valence electrons. The van der Waals surface area contributed by atoms with Gasteiger partial charge in [-0.3, -0.25) is 9.79 Å². The van der Waals surface area contributed by atoms with Gasteiger partial charge in [0.25, 0.3) is 0 Å².